The molecule has 0 bridgehead atoms. The predicted octanol–water partition coefficient (Wildman–Crippen LogP) is 6.15. The molecule has 216 valence electrons. The summed E-state index contributed by atoms with van der Waals surface area (Å²) in [5.74, 6) is -1.38. The molecule has 14 heteroatoms. The number of amides is 2. The number of sulfonamides is 1. The molecular formula is C25H29Cl3F3N3O4S. The first-order valence-corrected chi connectivity index (χ1v) is 14.6. The van der Waals surface area contributed by atoms with Gasteiger partial charge in [-0.2, -0.15) is 13.2 Å². The third-order valence-corrected chi connectivity index (χ3v) is 7.68. The van der Waals surface area contributed by atoms with Crippen molar-refractivity contribution in [2.24, 2.45) is 0 Å². The van der Waals surface area contributed by atoms with Crippen LogP contribution in [0, 0.1) is 0 Å². The maximum absolute atomic E-state index is 13.7. The fourth-order valence-electron chi connectivity index (χ4n) is 3.73. The first kappa shape index (κ1) is 33.0. The molecule has 0 radical (unpaired) electrons. The summed E-state index contributed by atoms with van der Waals surface area (Å²) in [4.78, 5) is 28.0. The second-order valence-electron chi connectivity index (χ2n) is 9.82. The van der Waals surface area contributed by atoms with Crippen molar-refractivity contribution in [2.75, 3.05) is 17.1 Å². The van der Waals surface area contributed by atoms with Crippen molar-refractivity contribution >= 4 is 62.3 Å². The Kier molecular flexibility index (Phi) is 10.6. The Morgan fingerprint density at radius 1 is 1.00 bits per heavy atom. The Bertz CT molecular complexity index is 1310. The van der Waals surface area contributed by atoms with Gasteiger partial charge in [-0.05, 0) is 57.5 Å². The van der Waals surface area contributed by atoms with Crippen molar-refractivity contribution in [1.82, 2.24) is 10.2 Å². The van der Waals surface area contributed by atoms with Crippen LogP contribution in [0.5, 0.6) is 0 Å². The summed E-state index contributed by atoms with van der Waals surface area (Å²) in [5.41, 5.74) is -2.03. The number of hydrogen-bond acceptors (Lipinski definition) is 4. The highest BCUT2D eigenvalue weighted by Crippen LogP contribution is 2.37. The molecule has 0 heterocycles. The SMILES string of the molecule is CC[C@@H](C(=O)NC(C)(C)C)N(Cc1c(Cl)cccc1Cl)C(=O)CN(c1ccc(Cl)c(C(F)(F)F)c1)S(C)(=O)=O. The van der Waals surface area contributed by atoms with Crippen LogP contribution in [-0.4, -0.2) is 49.5 Å². The highest BCUT2D eigenvalue weighted by Gasteiger charge is 2.36. The summed E-state index contributed by atoms with van der Waals surface area (Å²) >= 11 is 18.3. The predicted molar refractivity (Wildman–Crippen MR) is 148 cm³/mol. The summed E-state index contributed by atoms with van der Waals surface area (Å²) in [6, 6.07) is 6.10. The number of anilines is 1. The van der Waals surface area contributed by atoms with Crippen LogP contribution in [0.1, 0.15) is 45.2 Å². The van der Waals surface area contributed by atoms with Crippen LogP contribution in [0.15, 0.2) is 36.4 Å². The number of halogens is 6. The van der Waals surface area contributed by atoms with Crippen LogP contribution in [0.2, 0.25) is 15.1 Å². The molecule has 0 unspecified atom stereocenters. The highest BCUT2D eigenvalue weighted by molar-refractivity contribution is 7.92. The zero-order valence-electron chi connectivity index (χ0n) is 21.9. The number of benzene rings is 2. The van der Waals surface area contributed by atoms with E-state index in [2.05, 4.69) is 5.32 Å². The zero-order valence-corrected chi connectivity index (χ0v) is 25.0. The Morgan fingerprint density at radius 2 is 1.56 bits per heavy atom. The van der Waals surface area contributed by atoms with Gasteiger partial charge in [-0.1, -0.05) is 47.8 Å². The van der Waals surface area contributed by atoms with Crippen LogP contribution in [0.3, 0.4) is 0 Å². The second kappa shape index (κ2) is 12.5. The molecule has 2 rings (SSSR count). The van der Waals surface area contributed by atoms with Gasteiger partial charge in [-0.15, -0.1) is 0 Å². The Morgan fingerprint density at radius 3 is 2.03 bits per heavy atom. The summed E-state index contributed by atoms with van der Waals surface area (Å²) in [6.45, 7) is 5.74. The lowest BCUT2D eigenvalue weighted by atomic mass is 10.1. The minimum atomic E-state index is -4.87. The first-order chi connectivity index (χ1) is 17.8. The topological polar surface area (TPSA) is 86.8 Å². The number of rotatable bonds is 9. The molecule has 2 aromatic rings. The molecule has 1 atom stereocenters. The van der Waals surface area contributed by atoms with Crippen LogP contribution in [-0.2, 0) is 32.3 Å². The van der Waals surface area contributed by atoms with Crippen molar-refractivity contribution in [3.05, 3.63) is 62.6 Å². The number of nitrogens with one attached hydrogen (secondary N) is 1. The molecule has 2 aromatic carbocycles. The quantitative estimate of drug-likeness (QED) is 0.360. The van der Waals surface area contributed by atoms with Crippen molar-refractivity contribution in [2.45, 2.75) is 58.4 Å². The number of nitrogens with zero attached hydrogens (tertiary/aromatic N) is 2. The van der Waals surface area contributed by atoms with Crippen LogP contribution >= 0.6 is 34.8 Å². The maximum Gasteiger partial charge on any atom is 0.417 e. The van der Waals surface area contributed by atoms with E-state index < -0.39 is 62.4 Å². The second-order valence-corrected chi connectivity index (χ2v) is 12.9. The van der Waals surface area contributed by atoms with E-state index in [1.807, 2.05) is 0 Å². The fourth-order valence-corrected chi connectivity index (χ4v) is 5.31. The maximum atomic E-state index is 13.7. The van der Waals surface area contributed by atoms with E-state index in [0.717, 1.165) is 23.3 Å². The van der Waals surface area contributed by atoms with Crippen molar-refractivity contribution in [1.29, 1.82) is 0 Å². The lowest BCUT2D eigenvalue weighted by Crippen LogP contribution is -2.55. The summed E-state index contributed by atoms with van der Waals surface area (Å²) in [7, 11) is -4.27. The number of hydrogen-bond donors (Lipinski definition) is 1. The average Bonchev–Trinajstić information content (AvgIpc) is 2.77. The normalized spacial score (nSPS) is 13.1. The van der Waals surface area contributed by atoms with Gasteiger partial charge in [-0.25, -0.2) is 8.42 Å². The Labute approximate surface area is 241 Å². The van der Waals surface area contributed by atoms with Crippen LogP contribution in [0.25, 0.3) is 0 Å². The van der Waals surface area contributed by atoms with E-state index in [-0.39, 0.29) is 23.0 Å². The standard InChI is InChI=1S/C25H29Cl3F3N3O4S/c1-6-21(23(36)32-24(2,3)4)33(13-16-18(26)8-7-9-19(16)27)22(35)14-34(39(5,37)38)15-10-11-20(28)17(12-15)25(29,30)31/h7-12,21H,6,13-14H2,1-5H3,(H,32,36)/t21-/m0/s1. The van der Waals surface area contributed by atoms with Crippen molar-refractivity contribution in [3.8, 4) is 0 Å². The zero-order chi connectivity index (χ0) is 29.9. The van der Waals surface area contributed by atoms with E-state index in [0.29, 0.717) is 15.9 Å². The highest BCUT2D eigenvalue weighted by atomic mass is 35.5. The Balaban J connectivity index is 2.60. The molecule has 0 aliphatic heterocycles. The number of carbonyl (C=O) groups excluding carboxylic acids is 2. The molecular weight excluding hydrogens is 602 g/mol. The molecule has 2 amide bonds. The van der Waals surface area contributed by atoms with E-state index in [4.69, 9.17) is 34.8 Å². The van der Waals surface area contributed by atoms with Gasteiger partial charge < -0.3 is 10.2 Å². The van der Waals surface area contributed by atoms with Gasteiger partial charge in [0.15, 0.2) is 0 Å². The van der Waals surface area contributed by atoms with E-state index in [9.17, 15) is 31.2 Å². The molecule has 0 spiro atoms. The molecule has 1 N–H and O–H groups in total. The minimum absolute atomic E-state index is 0.133. The van der Waals surface area contributed by atoms with E-state index >= 15 is 0 Å². The Hall–Kier alpha value is -2.21. The molecule has 0 aromatic heterocycles. The third-order valence-electron chi connectivity index (χ3n) is 5.50. The summed E-state index contributed by atoms with van der Waals surface area (Å²) < 4.78 is 66.3. The lowest BCUT2D eigenvalue weighted by molar-refractivity contribution is -0.141. The molecule has 0 aliphatic rings. The van der Waals surface area contributed by atoms with Crippen molar-refractivity contribution in [3.63, 3.8) is 0 Å². The first-order valence-electron chi connectivity index (χ1n) is 11.6. The molecule has 0 saturated carbocycles. The molecule has 0 saturated heterocycles. The minimum Gasteiger partial charge on any atom is -0.350 e. The van der Waals surface area contributed by atoms with E-state index in [1.165, 1.54) is 12.1 Å². The lowest BCUT2D eigenvalue weighted by Gasteiger charge is -2.35. The number of carbonyl (C=O) groups is 2. The van der Waals surface area contributed by atoms with Crippen LogP contribution in [0.4, 0.5) is 18.9 Å². The average molecular weight is 631 g/mol. The number of alkyl halides is 3. The summed E-state index contributed by atoms with van der Waals surface area (Å²) in [5, 5.41) is 2.58. The van der Waals surface area contributed by atoms with E-state index in [1.54, 1.807) is 33.8 Å². The fraction of sp³-hybridized carbons (Fsp3) is 0.440. The molecule has 39 heavy (non-hydrogen) atoms. The molecule has 0 fully saturated rings. The van der Waals surface area contributed by atoms with Gasteiger partial charge in [0.05, 0.1) is 22.5 Å². The van der Waals surface area contributed by atoms with Crippen molar-refractivity contribution < 1.29 is 31.2 Å². The smallest absolute Gasteiger partial charge is 0.350 e. The van der Waals surface area contributed by atoms with Gasteiger partial charge in [0.2, 0.25) is 21.8 Å². The largest absolute Gasteiger partial charge is 0.417 e. The van der Waals surface area contributed by atoms with Gasteiger partial charge in [0.1, 0.15) is 12.6 Å². The van der Waals surface area contributed by atoms with Gasteiger partial charge in [-0.3, -0.25) is 13.9 Å². The molecule has 0 aliphatic carbocycles. The van der Waals surface area contributed by atoms with Gasteiger partial charge in [0, 0.05) is 27.7 Å². The monoisotopic (exact) mass is 629 g/mol. The summed E-state index contributed by atoms with van der Waals surface area (Å²) in [6.07, 6.45) is -3.99. The van der Waals surface area contributed by atoms with Gasteiger partial charge in [0.25, 0.3) is 0 Å². The third kappa shape index (κ3) is 8.89. The van der Waals surface area contributed by atoms with Gasteiger partial charge >= 0.3 is 6.18 Å². The molecule has 7 nitrogen and oxygen atoms in total. The van der Waals surface area contributed by atoms with Crippen LogP contribution < -0.4 is 9.62 Å².